The van der Waals surface area contributed by atoms with Gasteiger partial charge in [0.1, 0.15) is 39.9 Å². The van der Waals surface area contributed by atoms with Crippen LogP contribution in [-0.2, 0) is 0 Å². The van der Waals surface area contributed by atoms with Crippen LogP contribution in [0.5, 0.6) is 0 Å². The zero-order chi connectivity index (χ0) is 33.5. The van der Waals surface area contributed by atoms with Crippen molar-refractivity contribution in [2.45, 2.75) is 6.17 Å². The van der Waals surface area contributed by atoms with E-state index >= 15 is 0 Å². The number of amidine groups is 2. The Kier molecular flexibility index (Phi) is 5.89. The molecule has 1 atom stereocenters. The molecule has 7 heteroatoms. The van der Waals surface area contributed by atoms with Gasteiger partial charge in [-0.2, -0.15) is 0 Å². The molecule has 240 valence electrons. The van der Waals surface area contributed by atoms with Crippen LogP contribution in [0.25, 0.3) is 76.9 Å². The van der Waals surface area contributed by atoms with Gasteiger partial charge in [0, 0.05) is 44.1 Å². The third-order valence-electron chi connectivity index (χ3n) is 9.85. The van der Waals surface area contributed by atoms with E-state index in [2.05, 4.69) is 71.0 Å². The fourth-order valence-electron chi connectivity index (χ4n) is 7.55. The first-order valence-corrected chi connectivity index (χ1v) is 16.9. The Bertz CT molecular complexity index is 3080. The number of fused-ring (bicyclic) bond motifs is 9. The van der Waals surface area contributed by atoms with Gasteiger partial charge in [-0.05, 0) is 59.2 Å². The number of aromatic nitrogens is 1. The van der Waals surface area contributed by atoms with Crippen LogP contribution in [0.3, 0.4) is 0 Å². The molecule has 0 saturated heterocycles. The van der Waals surface area contributed by atoms with Crippen molar-refractivity contribution in [3.63, 3.8) is 0 Å². The molecule has 0 saturated carbocycles. The second-order valence-corrected chi connectivity index (χ2v) is 12.8. The Labute approximate surface area is 290 Å². The zero-order valence-corrected chi connectivity index (χ0v) is 27.0. The quantitative estimate of drug-likeness (QED) is 0.203. The van der Waals surface area contributed by atoms with Gasteiger partial charge in [0.25, 0.3) is 0 Å². The van der Waals surface area contributed by atoms with Crippen LogP contribution in [0.1, 0.15) is 22.9 Å². The van der Waals surface area contributed by atoms with Gasteiger partial charge in [0.05, 0.1) is 11.8 Å². The Morgan fingerprint density at radius 3 is 2.10 bits per heavy atom. The van der Waals surface area contributed by atoms with Gasteiger partial charge in [-0.1, -0.05) is 91.0 Å². The number of rotatable bonds is 4. The normalized spacial score (nSPS) is 14.9. The molecule has 0 radical (unpaired) electrons. The fourth-order valence-corrected chi connectivity index (χ4v) is 7.55. The molecule has 0 bridgehead atoms. The summed E-state index contributed by atoms with van der Waals surface area (Å²) in [5, 5.41) is 9.72. The Morgan fingerprint density at radius 1 is 0.510 bits per heavy atom. The average molecular weight is 659 g/mol. The molecule has 10 aromatic rings. The highest BCUT2D eigenvalue weighted by Gasteiger charge is 2.27. The van der Waals surface area contributed by atoms with E-state index in [0.717, 1.165) is 88.0 Å². The summed E-state index contributed by atoms with van der Waals surface area (Å²) in [4.78, 5) is 15.0. The second-order valence-electron chi connectivity index (χ2n) is 12.8. The minimum absolute atomic E-state index is 0.409. The number of hydrogen-bond donors (Lipinski definition) is 1. The Morgan fingerprint density at radius 2 is 1.20 bits per heavy atom. The smallest absolute Gasteiger partial charge is 0.160 e. The van der Waals surface area contributed by atoms with Gasteiger partial charge in [-0.15, -0.1) is 0 Å². The van der Waals surface area contributed by atoms with E-state index in [0.29, 0.717) is 17.3 Å². The monoisotopic (exact) mass is 658 g/mol. The molecular formula is C44H26N4O3. The molecule has 1 unspecified atom stereocenters. The van der Waals surface area contributed by atoms with Gasteiger partial charge in [-0.25, -0.2) is 9.98 Å². The van der Waals surface area contributed by atoms with E-state index in [-0.39, 0.29) is 0 Å². The summed E-state index contributed by atoms with van der Waals surface area (Å²) in [7, 11) is 0. The number of benzene rings is 6. The van der Waals surface area contributed by atoms with Crippen molar-refractivity contribution >= 4 is 77.5 Å². The molecule has 51 heavy (non-hydrogen) atoms. The first kappa shape index (κ1) is 27.9. The highest BCUT2D eigenvalue weighted by molar-refractivity contribution is 6.25. The number of pyridine rings is 1. The van der Waals surface area contributed by atoms with Crippen LogP contribution >= 0.6 is 0 Å². The van der Waals surface area contributed by atoms with Gasteiger partial charge in [0.15, 0.2) is 11.4 Å². The molecule has 1 aliphatic heterocycles. The largest absolute Gasteiger partial charge is 0.456 e. The molecule has 11 rings (SSSR count). The second kappa shape index (κ2) is 10.8. The summed E-state index contributed by atoms with van der Waals surface area (Å²) in [6.07, 6.45) is 3.14. The molecule has 0 fully saturated rings. The lowest BCUT2D eigenvalue weighted by molar-refractivity contribution is 0.659. The predicted octanol–water partition coefficient (Wildman–Crippen LogP) is 10.9. The lowest BCUT2D eigenvalue weighted by Gasteiger charge is -2.24. The lowest BCUT2D eigenvalue weighted by Crippen LogP contribution is -2.33. The van der Waals surface area contributed by atoms with Crippen LogP contribution in [0.15, 0.2) is 169 Å². The van der Waals surface area contributed by atoms with Gasteiger partial charge in [-0.3, -0.25) is 4.98 Å². The molecule has 7 nitrogen and oxygen atoms in total. The highest BCUT2D eigenvalue weighted by atomic mass is 16.3. The number of hydrogen-bond acceptors (Lipinski definition) is 7. The van der Waals surface area contributed by atoms with E-state index in [1.165, 1.54) is 0 Å². The summed E-state index contributed by atoms with van der Waals surface area (Å²) >= 11 is 0. The minimum Gasteiger partial charge on any atom is -0.456 e. The number of para-hydroxylation sites is 3. The van der Waals surface area contributed by atoms with E-state index < -0.39 is 6.17 Å². The molecule has 1 aliphatic rings. The Hall–Kier alpha value is -6.99. The van der Waals surface area contributed by atoms with Gasteiger partial charge < -0.3 is 18.6 Å². The first-order valence-electron chi connectivity index (χ1n) is 16.9. The van der Waals surface area contributed by atoms with Crippen molar-refractivity contribution < 1.29 is 13.3 Å². The van der Waals surface area contributed by atoms with Crippen molar-refractivity contribution in [1.82, 2.24) is 10.3 Å². The molecule has 4 aromatic heterocycles. The molecule has 0 spiro atoms. The Balaban J connectivity index is 1.20. The molecule has 0 amide bonds. The molecular weight excluding hydrogens is 633 g/mol. The standard InChI is InChI=1S/C44H26N4O3/c1-2-10-25(11-3-1)42-46-43(32-16-8-15-29-28-12-4-6-17-34(28)51-41(29)32)48-44(47-42)33-22-26(23-37-40(33)31-20-21-45-24-38(31)50-37)27-14-9-19-36-39(27)30-13-5-7-18-35(30)49-36/h1-24,42H,(H,46,47,48). The summed E-state index contributed by atoms with van der Waals surface area (Å²) in [5.74, 6) is 1.26. The summed E-state index contributed by atoms with van der Waals surface area (Å²) in [5.41, 5.74) is 9.43. The van der Waals surface area contributed by atoms with Crippen molar-refractivity contribution in [1.29, 1.82) is 0 Å². The van der Waals surface area contributed by atoms with Crippen molar-refractivity contribution in [3.05, 3.63) is 163 Å². The SMILES string of the molecule is c1ccc(C2N=C(c3cc(-c4cccc5oc6ccccc6c45)cc4oc5cnccc5c34)N=C(c3cccc4c3oc3ccccc34)N2)cc1. The molecule has 6 aromatic carbocycles. The number of furan rings is 3. The van der Waals surface area contributed by atoms with Crippen molar-refractivity contribution in [2.75, 3.05) is 0 Å². The van der Waals surface area contributed by atoms with Crippen molar-refractivity contribution in [3.8, 4) is 11.1 Å². The van der Waals surface area contributed by atoms with Crippen LogP contribution in [0.4, 0.5) is 0 Å². The van der Waals surface area contributed by atoms with Crippen LogP contribution in [0.2, 0.25) is 0 Å². The molecule has 1 N–H and O–H groups in total. The highest BCUT2D eigenvalue weighted by Crippen LogP contribution is 2.41. The van der Waals surface area contributed by atoms with Crippen molar-refractivity contribution in [2.24, 2.45) is 9.98 Å². The maximum absolute atomic E-state index is 6.52. The fraction of sp³-hybridized carbons (Fsp3) is 0.0227. The summed E-state index contributed by atoms with van der Waals surface area (Å²) in [6.45, 7) is 0. The van der Waals surface area contributed by atoms with E-state index in [4.69, 9.17) is 23.2 Å². The van der Waals surface area contributed by atoms with Crippen LogP contribution in [-0.4, -0.2) is 16.7 Å². The predicted molar refractivity (Wildman–Crippen MR) is 203 cm³/mol. The van der Waals surface area contributed by atoms with E-state index in [1.54, 1.807) is 12.4 Å². The van der Waals surface area contributed by atoms with Crippen LogP contribution in [0, 0.1) is 0 Å². The third-order valence-corrected chi connectivity index (χ3v) is 9.85. The lowest BCUT2D eigenvalue weighted by atomic mass is 9.95. The minimum atomic E-state index is -0.409. The maximum Gasteiger partial charge on any atom is 0.160 e. The summed E-state index contributed by atoms with van der Waals surface area (Å²) in [6, 6.07) is 45.2. The zero-order valence-electron chi connectivity index (χ0n) is 27.0. The maximum atomic E-state index is 6.52. The van der Waals surface area contributed by atoms with Crippen LogP contribution < -0.4 is 5.32 Å². The van der Waals surface area contributed by atoms with Gasteiger partial charge >= 0.3 is 0 Å². The number of aliphatic imine (C=N–C) groups is 2. The first-order chi connectivity index (χ1) is 25.3. The third kappa shape index (κ3) is 4.28. The number of nitrogens with zero attached hydrogens (tertiary/aromatic N) is 3. The summed E-state index contributed by atoms with van der Waals surface area (Å²) < 4.78 is 19.3. The number of nitrogens with one attached hydrogen (secondary N) is 1. The topological polar surface area (TPSA) is 89.1 Å². The molecule has 0 aliphatic carbocycles. The van der Waals surface area contributed by atoms with E-state index in [9.17, 15) is 0 Å². The van der Waals surface area contributed by atoms with E-state index in [1.807, 2.05) is 72.8 Å². The van der Waals surface area contributed by atoms with Gasteiger partial charge in [0.2, 0.25) is 0 Å². The molecule has 5 heterocycles. The average Bonchev–Trinajstić information content (AvgIpc) is 3.89.